The predicted molar refractivity (Wildman–Crippen MR) is 87.3 cm³/mol. The van der Waals surface area contributed by atoms with E-state index in [2.05, 4.69) is 10.6 Å². The molecule has 1 atom stereocenters. The summed E-state index contributed by atoms with van der Waals surface area (Å²) in [6.45, 7) is 7.36. The Hall–Kier alpha value is -1.75. The lowest BCUT2D eigenvalue weighted by atomic mass is 10.1. The zero-order valence-electron chi connectivity index (χ0n) is 12.9. The molecule has 0 saturated carbocycles. The number of nitrogen functional groups attached to an aromatic ring is 1. The van der Waals surface area contributed by atoms with Crippen molar-refractivity contribution in [3.05, 3.63) is 29.8 Å². The molecule has 0 heterocycles. The summed E-state index contributed by atoms with van der Waals surface area (Å²) in [4.78, 5) is 23.7. The zero-order valence-corrected chi connectivity index (χ0v) is 13.7. The first-order valence-corrected chi connectivity index (χ1v) is 6.63. The summed E-state index contributed by atoms with van der Waals surface area (Å²) in [5, 5.41) is 5.51. The quantitative estimate of drug-likeness (QED) is 0.739. The Morgan fingerprint density at radius 2 is 1.71 bits per heavy atom. The number of carbonyl (C=O) groups is 2. The van der Waals surface area contributed by atoms with Crippen LogP contribution in [0.2, 0.25) is 0 Å². The predicted octanol–water partition coefficient (Wildman–Crippen LogP) is 1.65. The third-order valence-corrected chi connectivity index (χ3v) is 2.61. The van der Waals surface area contributed by atoms with Crippen LogP contribution in [0.15, 0.2) is 24.3 Å². The maximum absolute atomic E-state index is 11.9. The van der Waals surface area contributed by atoms with E-state index in [1.54, 1.807) is 31.2 Å². The van der Waals surface area contributed by atoms with Crippen molar-refractivity contribution in [3.63, 3.8) is 0 Å². The Balaban J connectivity index is 0.00000400. The number of nitrogens with two attached hydrogens (primary N) is 1. The van der Waals surface area contributed by atoms with Crippen LogP contribution in [-0.2, 0) is 16.0 Å². The molecule has 0 spiro atoms. The minimum atomic E-state index is -0.560. The summed E-state index contributed by atoms with van der Waals surface area (Å²) < 4.78 is 0. The van der Waals surface area contributed by atoms with E-state index in [1.807, 2.05) is 20.8 Å². The molecule has 1 unspecified atom stereocenters. The number of carbonyl (C=O) groups excluding carboxylic acids is 2. The number of halogens is 1. The molecular weight excluding hydrogens is 290 g/mol. The summed E-state index contributed by atoms with van der Waals surface area (Å²) in [6.07, 6.45) is 0.230. The van der Waals surface area contributed by atoms with Gasteiger partial charge in [0.1, 0.15) is 6.04 Å². The van der Waals surface area contributed by atoms with Crippen LogP contribution in [-0.4, -0.2) is 23.4 Å². The third-order valence-electron chi connectivity index (χ3n) is 2.61. The molecule has 4 N–H and O–H groups in total. The van der Waals surface area contributed by atoms with Crippen molar-refractivity contribution in [3.8, 4) is 0 Å². The third kappa shape index (κ3) is 7.56. The lowest BCUT2D eigenvalue weighted by Gasteiger charge is -2.23. The second-order valence-corrected chi connectivity index (χ2v) is 5.95. The van der Waals surface area contributed by atoms with E-state index in [-0.39, 0.29) is 36.2 Å². The van der Waals surface area contributed by atoms with E-state index in [0.29, 0.717) is 5.69 Å². The molecule has 0 aromatic heterocycles. The molecule has 0 bridgehead atoms. The van der Waals surface area contributed by atoms with Crippen molar-refractivity contribution < 1.29 is 9.59 Å². The number of amides is 2. The van der Waals surface area contributed by atoms with E-state index in [9.17, 15) is 9.59 Å². The molecular formula is C15H24ClN3O2. The lowest BCUT2D eigenvalue weighted by Crippen LogP contribution is -2.51. The highest BCUT2D eigenvalue weighted by Gasteiger charge is 2.20. The Kier molecular flexibility index (Phi) is 7.22. The standard InChI is InChI=1S/C15H23N3O2.ClH/c1-10(14(20)18-15(2,3)4)17-13(19)9-11-5-7-12(16)8-6-11;/h5-8,10H,9,16H2,1-4H3,(H,17,19)(H,18,20);1H. The molecule has 118 valence electrons. The molecule has 0 aliphatic rings. The van der Waals surface area contributed by atoms with Crippen LogP contribution in [0.5, 0.6) is 0 Å². The van der Waals surface area contributed by atoms with E-state index >= 15 is 0 Å². The maximum Gasteiger partial charge on any atom is 0.242 e. The van der Waals surface area contributed by atoms with Gasteiger partial charge in [-0.3, -0.25) is 9.59 Å². The van der Waals surface area contributed by atoms with Gasteiger partial charge in [0.2, 0.25) is 11.8 Å². The molecule has 21 heavy (non-hydrogen) atoms. The van der Waals surface area contributed by atoms with Crippen LogP contribution in [0.4, 0.5) is 5.69 Å². The number of anilines is 1. The molecule has 0 aliphatic heterocycles. The van der Waals surface area contributed by atoms with Gasteiger partial charge in [0.05, 0.1) is 6.42 Å². The fourth-order valence-electron chi connectivity index (χ4n) is 1.66. The number of hydrogen-bond donors (Lipinski definition) is 3. The highest BCUT2D eigenvalue weighted by molar-refractivity contribution is 5.88. The second-order valence-electron chi connectivity index (χ2n) is 5.95. The smallest absolute Gasteiger partial charge is 0.242 e. The van der Waals surface area contributed by atoms with Crippen molar-refractivity contribution in [2.45, 2.75) is 45.7 Å². The van der Waals surface area contributed by atoms with Crippen LogP contribution in [0.25, 0.3) is 0 Å². The van der Waals surface area contributed by atoms with Gasteiger partial charge in [-0.15, -0.1) is 12.4 Å². The van der Waals surface area contributed by atoms with Crippen LogP contribution in [0.1, 0.15) is 33.3 Å². The summed E-state index contributed by atoms with van der Waals surface area (Å²) in [5.41, 5.74) is 6.79. The van der Waals surface area contributed by atoms with Gasteiger partial charge in [0.25, 0.3) is 0 Å². The number of hydrogen-bond acceptors (Lipinski definition) is 3. The second kappa shape index (κ2) is 7.88. The molecule has 6 heteroatoms. The number of rotatable bonds is 4. The fourth-order valence-corrected chi connectivity index (χ4v) is 1.66. The summed E-state index contributed by atoms with van der Waals surface area (Å²) in [5.74, 6) is -0.380. The van der Waals surface area contributed by atoms with Gasteiger partial charge in [-0.05, 0) is 45.4 Å². The molecule has 1 aromatic carbocycles. The van der Waals surface area contributed by atoms with Crippen molar-refractivity contribution in [2.75, 3.05) is 5.73 Å². The van der Waals surface area contributed by atoms with Gasteiger partial charge in [-0.25, -0.2) is 0 Å². The van der Waals surface area contributed by atoms with Gasteiger partial charge in [-0.2, -0.15) is 0 Å². The molecule has 5 nitrogen and oxygen atoms in total. The molecule has 0 radical (unpaired) electrons. The van der Waals surface area contributed by atoms with Crippen molar-refractivity contribution in [1.82, 2.24) is 10.6 Å². The highest BCUT2D eigenvalue weighted by atomic mass is 35.5. The zero-order chi connectivity index (χ0) is 15.3. The summed E-state index contributed by atoms with van der Waals surface area (Å²) in [6, 6.07) is 6.54. The maximum atomic E-state index is 11.9. The highest BCUT2D eigenvalue weighted by Crippen LogP contribution is 2.06. The topological polar surface area (TPSA) is 84.2 Å². The number of nitrogens with one attached hydrogen (secondary N) is 2. The van der Waals surface area contributed by atoms with E-state index in [0.717, 1.165) is 5.56 Å². The molecule has 0 fully saturated rings. The van der Waals surface area contributed by atoms with Crippen molar-refractivity contribution in [1.29, 1.82) is 0 Å². The summed E-state index contributed by atoms with van der Waals surface area (Å²) >= 11 is 0. The van der Waals surface area contributed by atoms with E-state index < -0.39 is 6.04 Å². The average molecular weight is 314 g/mol. The summed E-state index contributed by atoms with van der Waals surface area (Å²) in [7, 11) is 0. The SMILES string of the molecule is CC(NC(=O)Cc1ccc(N)cc1)C(=O)NC(C)(C)C.Cl. The van der Waals surface area contributed by atoms with Gasteiger partial charge < -0.3 is 16.4 Å². The first-order chi connectivity index (χ1) is 9.17. The van der Waals surface area contributed by atoms with Crippen LogP contribution < -0.4 is 16.4 Å². The van der Waals surface area contributed by atoms with Crippen molar-refractivity contribution >= 4 is 29.9 Å². The molecule has 1 rings (SSSR count). The van der Waals surface area contributed by atoms with Gasteiger partial charge in [-0.1, -0.05) is 12.1 Å². The van der Waals surface area contributed by atoms with E-state index in [4.69, 9.17) is 5.73 Å². The average Bonchev–Trinajstić information content (AvgIpc) is 2.29. The van der Waals surface area contributed by atoms with E-state index in [1.165, 1.54) is 0 Å². The van der Waals surface area contributed by atoms with Gasteiger partial charge in [0, 0.05) is 11.2 Å². The minimum absolute atomic E-state index is 0. The first kappa shape index (κ1) is 19.2. The Labute approximate surface area is 132 Å². The normalized spacial score (nSPS) is 12.0. The number of benzene rings is 1. The molecule has 0 aliphatic carbocycles. The molecule has 2 amide bonds. The van der Waals surface area contributed by atoms with Gasteiger partial charge >= 0.3 is 0 Å². The first-order valence-electron chi connectivity index (χ1n) is 6.63. The Bertz CT molecular complexity index is 481. The van der Waals surface area contributed by atoms with Crippen molar-refractivity contribution in [2.24, 2.45) is 0 Å². The van der Waals surface area contributed by atoms with Crippen LogP contribution in [0, 0.1) is 0 Å². The molecule has 1 aromatic rings. The minimum Gasteiger partial charge on any atom is -0.399 e. The fraction of sp³-hybridized carbons (Fsp3) is 0.467. The van der Waals surface area contributed by atoms with Crippen LogP contribution >= 0.6 is 12.4 Å². The Morgan fingerprint density at radius 3 is 2.19 bits per heavy atom. The monoisotopic (exact) mass is 313 g/mol. The molecule has 0 saturated heterocycles. The Morgan fingerprint density at radius 1 is 1.19 bits per heavy atom. The lowest BCUT2D eigenvalue weighted by molar-refractivity contribution is -0.129. The van der Waals surface area contributed by atoms with Crippen LogP contribution in [0.3, 0.4) is 0 Å². The largest absolute Gasteiger partial charge is 0.399 e. The van der Waals surface area contributed by atoms with Gasteiger partial charge in [0.15, 0.2) is 0 Å².